The fourth-order valence-electron chi connectivity index (χ4n) is 6.16. The highest BCUT2D eigenvalue weighted by molar-refractivity contribution is 6.31. The summed E-state index contributed by atoms with van der Waals surface area (Å²) < 4.78 is 61.1. The van der Waals surface area contributed by atoms with Gasteiger partial charge in [0.25, 0.3) is 12.3 Å². The molecule has 3 aliphatic heterocycles. The molecule has 5 rings (SSSR count). The van der Waals surface area contributed by atoms with E-state index >= 15 is 0 Å². The average molecular weight is 615 g/mol. The molecule has 2 atom stereocenters. The van der Waals surface area contributed by atoms with Gasteiger partial charge >= 0.3 is 6.43 Å². The van der Waals surface area contributed by atoms with Gasteiger partial charge in [-0.2, -0.15) is 8.78 Å². The van der Waals surface area contributed by atoms with Gasteiger partial charge < -0.3 is 19.4 Å². The van der Waals surface area contributed by atoms with Crippen LogP contribution in [0.15, 0.2) is 12.1 Å². The van der Waals surface area contributed by atoms with Crippen molar-refractivity contribution in [3.05, 3.63) is 39.7 Å². The van der Waals surface area contributed by atoms with Crippen LogP contribution in [0.1, 0.15) is 67.1 Å². The Bertz CT molecular complexity index is 1360. The Balaban J connectivity index is 1.52. The van der Waals surface area contributed by atoms with E-state index in [1.807, 2.05) is 0 Å². The molecule has 4 heterocycles. The third kappa shape index (κ3) is 5.77. The van der Waals surface area contributed by atoms with Crippen LogP contribution in [0, 0.1) is 0 Å². The molecule has 2 saturated heterocycles. The Kier molecular flexibility index (Phi) is 8.90. The van der Waals surface area contributed by atoms with Gasteiger partial charge in [-0.25, -0.2) is 13.5 Å². The molecule has 0 saturated carbocycles. The molecule has 228 valence electrons. The summed E-state index contributed by atoms with van der Waals surface area (Å²) in [7, 11) is 1.35. The summed E-state index contributed by atoms with van der Waals surface area (Å²) in [6.07, 6.45) is -3.44. The molecular formula is C27H31ClF4N6O4. The number of rotatable bonds is 8. The summed E-state index contributed by atoms with van der Waals surface area (Å²) in [6.45, 7) is 0.445. The van der Waals surface area contributed by atoms with E-state index in [-0.39, 0.29) is 50.0 Å². The lowest BCUT2D eigenvalue weighted by molar-refractivity contribution is -0.156. The molecule has 0 aliphatic carbocycles. The van der Waals surface area contributed by atoms with Gasteiger partial charge in [-0.15, -0.1) is 5.10 Å². The SMILES string of the molecule is Cn1nnc(COc2ccc(Cl)c3c2C(CN2CCCC2=O)N(C(=O)[C@@H]2CCCCN2C(=O)C(F)F)CC3)c1C(F)F. The topological polar surface area (TPSA) is 101 Å². The molecule has 15 heteroatoms. The lowest BCUT2D eigenvalue weighted by Gasteiger charge is -2.44. The van der Waals surface area contributed by atoms with E-state index in [9.17, 15) is 31.9 Å². The zero-order chi connectivity index (χ0) is 30.1. The second kappa shape index (κ2) is 12.4. The van der Waals surface area contributed by atoms with Gasteiger partial charge in [0.05, 0.1) is 6.04 Å². The van der Waals surface area contributed by atoms with Crippen molar-refractivity contribution in [2.75, 3.05) is 26.2 Å². The number of nitrogens with zero attached hydrogens (tertiary/aromatic N) is 6. The molecule has 0 spiro atoms. The number of alkyl halides is 4. The number of benzene rings is 1. The van der Waals surface area contributed by atoms with Gasteiger partial charge in [-0.1, -0.05) is 16.8 Å². The first-order valence-corrected chi connectivity index (χ1v) is 14.2. The van der Waals surface area contributed by atoms with Gasteiger partial charge in [0.2, 0.25) is 11.8 Å². The molecule has 1 aromatic carbocycles. The number of carbonyl (C=O) groups is 3. The molecule has 10 nitrogen and oxygen atoms in total. The van der Waals surface area contributed by atoms with Crippen molar-refractivity contribution in [2.24, 2.45) is 7.05 Å². The lowest BCUT2D eigenvalue weighted by Crippen LogP contribution is -2.57. The summed E-state index contributed by atoms with van der Waals surface area (Å²) in [6, 6.07) is 1.33. The minimum Gasteiger partial charge on any atom is -0.487 e. The second-order valence-electron chi connectivity index (χ2n) is 10.7. The Labute approximate surface area is 244 Å². The van der Waals surface area contributed by atoms with E-state index in [1.54, 1.807) is 17.0 Å². The van der Waals surface area contributed by atoms with Crippen molar-refractivity contribution in [3.8, 4) is 5.75 Å². The van der Waals surface area contributed by atoms with Crippen LogP contribution >= 0.6 is 11.6 Å². The van der Waals surface area contributed by atoms with Crippen LogP contribution in [0.3, 0.4) is 0 Å². The Morgan fingerprint density at radius 3 is 2.55 bits per heavy atom. The van der Waals surface area contributed by atoms with Gasteiger partial charge in [-0.3, -0.25) is 14.4 Å². The number of ether oxygens (including phenoxy) is 1. The summed E-state index contributed by atoms with van der Waals surface area (Å²) in [5.41, 5.74) is 0.726. The third-order valence-electron chi connectivity index (χ3n) is 8.19. The molecular weight excluding hydrogens is 584 g/mol. The number of hydrogen-bond acceptors (Lipinski definition) is 6. The zero-order valence-corrected chi connectivity index (χ0v) is 23.7. The van der Waals surface area contributed by atoms with Crippen molar-refractivity contribution in [3.63, 3.8) is 0 Å². The minimum atomic E-state index is -3.24. The molecule has 2 fully saturated rings. The number of aryl methyl sites for hydroxylation is 1. The normalized spacial score (nSPS) is 21.0. The summed E-state index contributed by atoms with van der Waals surface area (Å²) >= 11 is 6.59. The number of piperidine rings is 1. The smallest absolute Gasteiger partial charge is 0.315 e. The highest BCUT2D eigenvalue weighted by Gasteiger charge is 2.43. The number of amides is 3. The maximum absolute atomic E-state index is 14.1. The number of carbonyl (C=O) groups excluding carboxylic acids is 3. The zero-order valence-electron chi connectivity index (χ0n) is 22.9. The van der Waals surface area contributed by atoms with Crippen LogP contribution in [-0.4, -0.2) is 86.1 Å². The molecule has 2 aromatic rings. The molecule has 1 unspecified atom stereocenters. The van der Waals surface area contributed by atoms with Gasteiger partial charge in [0, 0.05) is 50.2 Å². The Morgan fingerprint density at radius 2 is 1.86 bits per heavy atom. The Morgan fingerprint density at radius 1 is 1.07 bits per heavy atom. The first-order chi connectivity index (χ1) is 20.1. The highest BCUT2D eigenvalue weighted by Crippen LogP contribution is 2.42. The molecule has 3 aliphatic rings. The molecule has 0 radical (unpaired) electrons. The fraction of sp³-hybridized carbons (Fsp3) is 0.593. The van der Waals surface area contributed by atoms with Crippen LogP contribution in [0.5, 0.6) is 5.75 Å². The van der Waals surface area contributed by atoms with Crippen LogP contribution in [-0.2, 0) is 34.5 Å². The molecule has 0 N–H and O–H groups in total. The summed E-state index contributed by atoms with van der Waals surface area (Å²) in [5, 5.41) is 7.87. The minimum absolute atomic E-state index is 0.0457. The predicted octanol–water partition coefficient (Wildman–Crippen LogP) is 3.68. The summed E-state index contributed by atoms with van der Waals surface area (Å²) in [4.78, 5) is 43.2. The largest absolute Gasteiger partial charge is 0.487 e. The van der Waals surface area contributed by atoms with Crippen LogP contribution in [0.4, 0.5) is 17.6 Å². The number of aromatic nitrogens is 3. The van der Waals surface area contributed by atoms with E-state index in [4.69, 9.17) is 16.3 Å². The maximum atomic E-state index is 14.1. The number of hydrogen-bond donors (Lipinski definition) is 0. The standard InChI is InChI=1S/C27H31ClF4N6O4/c1-35-23(24(29)30)17(33-34-35)14-42-20-8-7-16(28)15-9-12-38(19(22(15)20)13-36-10-4-6-21(36)39)26(40)18-5-2-3-11-37(18)27(41)25(31)32/h7-8,18-19,24-25H,2-6,9-14H2,1H3/t18-,19?/m0/s1. The van der Waals surface area contributed by atoms with Gasteiger partial charge in [-0.05, 0) is 49.8 Å². The van der Waals surface area contributed by atoms with Crippen LogP contribution < -0.4 is 4.74 Å². The maximum Gasteiger partial charge on any atom is 0.315 e. The van der Waals surface area contributed by atoms with Crippen molar-refractivity contribution in [2.45, 2.75) is 70.1 Å². The monoisotopic (exact) mass is 614 g/mol. The van der Waals surface area contributed by atoms with Crippen molar-refractivity contribution >= 4 is 29.3 Å². The first-order valence-electron chi connectivity index (χ1n) is 13.9. The van der Waals surface area contributed by atoms with E-state index in [1.165, 1.54) is 11.9 Å². The molecule has 0 bridgehead atoms. The fourth-order valence-corrected chi connectivity index (χ4v) is 6.42. The second-order valence-corrected chi connectivity index (χ2v) is 11.1. The van der Waals surface area contributed by atoms with E-state index in [2.05, 4.69) is 10.3 Å². The van der Waals surface area contributed by atoms with E-state index in [0.29, 0.717) is 54.8 Å². The van der Waals surface area contributed by atoms with Crippen molar-refractivity contribution in [1.82, 2.24) is 29.7 Å². The molecule has 1 aromatic heterocycles. The van der Waals surface area contributed by atoms with Crippen LogP contribution in [0.2, 0.25) is 5.02 Å². The summed E-state index contributed by atoms with van der Waals surface area (Å²) in [5.74, 6) is -1.71. The van der Waals surface area contributed by atoms with E-state index < -0.39 is 42.4 Å². The van der Waals surface area contributed by atoms with E-state index in [0.717, 1.165) is 9.58 Å². The lowest BCUT2D eigenvalue weighted by atomic mass is 9.89. The third-order valence-corrected chi connectivity index (χ3v) is 8.55. The predicted molar refractivity (Wildman–Crippen MR) is 141 cm³/mol. The first kappa shape index (κ1) is 30.1. The number of likely N-dealkylation sites (tertiary alicyclic amines) is 2. The van der Waals surface area contributed by atoms with Gasteiger partial charge in [0.1, 0.15) is 29.8 Å². The number of fused-ring (bicyclic) bond motifs is 1. The quantitative estimate of drug-likeness (QED) is 0.421. The molecule has 3 amide bonds. The highest BCUT2D eigenvalue weighted by atomic mass is 35.5. The van der Waals surface area contributed by atoms with Crippen molar-refractivity contribution in [1.29, 1.82) is 0 Å². The average Bonchev–Trinajstić information content (AvgIpc) is 3.56. The Hall–Kier alpha value is -3.42. The number of halogens is 5. The van der Waals surface area contributed by atoms with Crippen molar-refractivity contribution < 1.29 is 36.7 Å². The van der Waals surface area contributed by atoms with Gasteiger partial charge in [0.15, 0.2) is 0 Å². The molecule has 42 heavy (non-hydrogen) atoms. The van der Waals surface area contributed by atoms with Crippen LogP contribution in [0.25, 0.3) is 0 Å².